The Hall–Kier alpha value is -1.73. The van der Waals surface area contributed by atoms with E-state index in [1.54, 1.807) is 6.07 Å². The normalized spacial score (nSPS) is 21.2. The van der Waals surface area contributed by atoms with Crippen molar-refractivity contribution in [2.24, 2.45) is 0 Å². The fourth-order valence-electron chi connectivity index (χ4n) is 2.15. The van der Waals surface area contributed by atoms with E-state index < -0.39 is 0 Å². The van der Waals surface area contributed by atoms with Crippen LogP contribution in [0.3, 0.4) is 0 Å². The van der Waals surface area contributed by atoms with Crippen LogP contribution in [0.4, 0.5) is 11.4 Å². The minimum atomic E-state index is 0.508. The van der Waals surface area contributed by atoms with Crippen molar-refractivity contribution in [3.63, 3.8) is 0 Å². The number of nitrogens with zero attached hydrogens (tertiary/aromatic N) is 3. The van der Waals surface area contributed by atoms with Gasteiger partial charge in [-0.05, 0) is 32.2 Å². The molecule has 4 nitrogen and oxygen atoms in total. The number of hydrogen-bond donors (Lipinski definition) is 1. The van der Waals surface area contributed by atoms with Gasteiger partial charge in [0.05, 0.1) is 23.0 Å². The van der Waals surface area contributed by atoms with E-state index in [-0.39, 0.29) is 0 Å². The molecule has 1 atom stereocenters. The molecule has 1 heterocycles. The third kappa shape index (κ3) is 2.34. The summed E-state index contributed by atoms with van der Waals surface area (Å²) < 4.78 is 0. The van der Waals surface area contributed by atoms with Crippen LogP contribution >= 0.6 is 0 Å². The third-order valence-corrected chi connectivity index (χ3v) is 3.46. The number of anilines is 2. The maximum absolute atomic E-state index is 8.93. The van der Waals surface area contributed by atoms with Gasteiger partial charge in [0.1, 0.15) is 0 Å². The van der Waals surface area contributed by atoms with Crippen LogP contribution in [0.1, 0.15) is 12.5 Å². The van der Waals surface area contributed by atoms with Gasteiger partial charge in [-0.3, -0.25) is 0 Å². The van der Waals surface area contributed by atoms with Crippen LogP contribution in [0, 0.1) is 11.3 Å². The molecule has 2 rings (SSSR count). The zero-order valence-corrected chi connectivity index (χ0v) is 10.3. The lowest BCUT2D eigenvalue weighted by molar-refractivity contribution is 0.234. The molecule has 1 aromatic rings. The molecule has 1 aliphatic rings. The average Bonchev–Trinajstić information content (AvgIpc) is 2.33. The smallest absolute Gasteiger partial charge is 0.0992 e. The van der Waals surface area contributed by atoms with Gasteiger partial charge in [-0.2, -0.15) is 5.26 Å². The molecule has 17 heavy (non-hydrogen) atoms. The number of benzene rings is 1. The summed E-state index contributed by atoms with van der Waals surface area (Å²) in [5, 5.41) is 8.93. The van der Waals surface area contributed by atoms with Crippen molar-refractivity contribution in [3.05, 3.63) is 23.8 Å². The van der Waals surface area contributed by atoms with Crippen molar-refractivity contribution in [2.45, 2.75) is 13.0 Å². The number of rotatable bonds is 1. The SMILES string of the molecule is CC1CN(c2cc(C#N)ccc2N)CCN1C. The summed E-state index contributed by atoms with van der Waals surface area (Å²) >= 11 is 0. The summed E-state index contributed by atoms with van der Waals surface area (Å²) in [6.45, 7) is 5.14. The maximum atomic E-state index is 8.93. The molecule has 0 saturated carbocycles. The van der Waals surface area contributed by atoms with Crippen molar-refractivity contribution in [3.8, 4) is 6.07 Å². The second-order valence-electron chi connectivity index (χ2n) is 4.66. The van der Waals surface area contributed by atoms with Crippen LogP contribution in [-0.4, -0.2) is 37.6 Å². The summed E-state index contributed by atoms with van der Waals surface area (Å²) in [4.78, 5) is 4.60. The average molecular weight is 230 g/mol. The first-order valence-corrected chi connectivity index (χ1v) is 5.86. The zero-order valence-electron chi connectivity index (χ0n) is 10.3. The first-order chi connectivity index (χ1) is 8.11. The Balaban J connectivity index is 2.25. The van der Waals surface area contributed by atoms with Gasteiger partial charge in [-0.1, -0.05) is 0 Å². The monoisotopic (exact) mass is 230 g/mol. The number of nitrogen functional groups attached to an aromatic ring is 1. The van der Waals surface area contributed by atoms with Crippen molar-refractivity contribution >= 4 is 11.4 Å². The Labute approximate surface area is 102 Å². The van der Waals surface area contributed by atoms with Gasteiger partial charge in [-0.25, -0.2) is 0 Å². The number of hydrogen-bond acceptors (Lipinski definition) is 4. The minimum absolute atomic E-state index is 0.508. The van der Waals surface area contributed by atoms with Crippen LogP contribution in [0.5, 0.6) is 0 Å². The number of piperazine rings is 1. The van der Waals surface area contributed by atoms with Crippen molar-refractivity contribution in [2.75, 3.05) is 37.3 Å². The molecule has 4 heteroatoms. The Morgan fingerprint density at radius 1 is 1.41 bits per heavy atom. The van der Waals surface area contributed by atoms with E-state index in [9.17, 15) is 0 Å². The molecule has 90 valence electrons. The lowest BCUT2D eigenvalue weighted by atomic mass is 10.1. The molecule has 1 unspecified atom stereocenters. The maximum Gasteiger partial charge on any atom is 0.0992 e. The van der Waals surface area contributed by atoms with Crippen LogP contribution in [0.25, 0.3) is 0 Å². The Morgan fingerprint density at radius 3 is 2.82 bits per heavy atom. The quantitative estimate of drug-likeness (QED) is 0.738. The van der Waals surface area contributed by atoms with E-state index in [4.69, 9.17) is 11.0 Å². The molecule has 1 aromatic carbocycles. The van der Waals surface area contributed by atoms with Gasteiger partial charge in [0, 0.05) is 25.7 Å². The molecule has 0 radical (unpaired) electrons. The van der Waals surface area contributed by atoms with E-state index in [0.717, 1.165) is 31.0 Å². The van der Waals surface area contributed by atoms with Crippen molar-refractivity contribution < 1.29 is 0 Å². The molecule has 2 N–H and O–H groups in total. The van der Waals surface area contributed by atoms with E-state index in [1.807, 2.05) is 12.1 Å². The Kier molecular flexibility index (Phi) is 3.21. The summed E-state index contributed by atoms with van der Waals surface area (Å²) in [5.74, 6) is 0. The highest BCUT2D eigenvalue weighted by Crippen LogP contribution is 2.26. The Morgan fingerprint density at radius 2 is 2.18 bits per heavy atom. The largest absolute Gasteiger partial charge is 0.397 e. The summed E-state index contributed by atoms with van der Waals surface area (Å²) in [5.41, 5.74) is 8.40. The highest BCUT2D eigenvalue weighted by Gasteiger charge is 2.22. The Bertz CT molecular complexity index is 449. The van der Waals surface area contributed by atoms with Crippen LogP contribution in [0.15, 0.2) is 18.2 Å². The van der Waals surface area contributed by atoms with Crippen molar-refractivity contribution in [1.29, 1.82) is 5.26 Å². The number of nitriles is 1. The highest BCUT2D eigenvalue weighted by atomic mass is 15.3. The standard InChI is InChI=1S/C13H18N4/c1-10-9-17(6-5-16(10)2)13-7-11(8-14)3-4-12(13)15/h3-4,7,10H,5-6,9,15H2,1-2H3. The van der Waals surface area contributed by atoms with Crippen LogP contribution in [0.2, 0.25) is 0 Å². The number of likely N-dealkylation sites (N-methyl/N-ethyl adjacent to an activating group) is 1. The fraction of sp³-hybridized carbons (Fsp3) is 0.462. The topological polar surface area (TPSA) is 56.3 Å². The second kappa shape index (κ2) is 4.64. The fourth-order valence-corrected chi connectivity index (χ4v) is 2.15. The van der Waals surface area contributed by atoms with Gasteiger partial charge in [0.2, 0.25) is 0 Å². The molecular weight excluding hydrogens is 212 g/mol. The molecule has 1 fully saturated rings. The number of nitrogens with two attached hydrogens (primary N) is 1. The van der Waals surface area contributed by atoms with E-state index in [0.29, 0.717) is 11.6 Å². The third-order valence-electron chi connectivity index (χ3n) is 3.46. The highest BCUT2D eigenvalue weighted by molar-refractivity contribution is 5.70. The van der Waals surface area contributed by atoms with Gasteiger partial charge in [-0.15, -0.1) is 0 Å². The first-order valence-electron chi connectivity index (χ1n) is 5.86. The van der Waals surface area contributed by atoms with E-state index in [1.165, 1.54) is 0 Å². The van der Waals surface area contributed by atoms with Gasteiger partial charge in [0.25, 0.3) is 0 Å². The molecule has 0 aromatic heterocycles. The van der Waals surface area contributed by atoms with E-state index >= 15 is 0 Å². The molecule has 0 spiro atoms. The molecule has 0 aliphatic carbocycles. The first kappa shape index (κ1) is 11.7. The molecule has 0 amide bonds. The van der Waals surface area contributed by atoms with Gasteiger partial charge < -0.3 is 15.5 Å². The predicted molar refractivity (Wildman–Crippen MR) is 69.9 cm³/mol. The zero-order chi connectivity index (χ0) is 12.4. The van der Waals surface area contributed by atoms with Gasteiger partial charge in [0.15, 0.2) is 0 Å². The second-order valence-corrected chi connectivity index (χ2v) is 4.66. The predicted octanol–water partition coefficient (Wildman–Crippen LogP) is 1.28. The van der Waals surface area contributed by atoms with Crippen LogP contribution in [-0.2, 0) is 0 Å². The van der Waals surface area contributed by atoms with E-state index in [2.05, 4.69) is 29.8 Å². The summed E-state index contributed by atoms with van der Waals surface area (Å²) in [6.07, 6.45) is 0. The van der Waals surface area contributed by atoms with Crippen molar-refractivity contribution in [1.82, 2.24) is 4.90 Å². The van der Waals surface area contributed by atoms with Crippen LogP contribution < -0.4 is 10.6 Å². The lowest BCUT2D eigenvalue weighted by Crippen LogP contribution is -2.50. The minimum Gasteiger partial charge on any atom is -0.397 e. The summed E-state index contributed by atoms with van der Waals surface area (Å²) in [6, 6.07) is 8.13. The lowest BCUT2D eigenvalue weighted by Gasteiger charge is -2.39. The molecule has 1 saturated heterocycles. The summed E-state index contributed by atoms with van der Waals surface area (Å²) in [7, 11) is 2.14. The molecular formula is C13H18N4. The molecule has 1 aliphatic heterocycles. The van der Waals surface area contributed by atoms with Gasteiger partial charge >= 0.3 is 0 Å². The molecule has 0 bridgehead atoms.